The van der Waals surface area contributed by atoms with Crippen molar-refractivity contribution < 1.29 is 37.1 Å². The smallest absolute Gasteiger partial charge is 0.297 e. The molecule has 0 saturated carbocycles. The molecule has 3 fully saturated rings. The number of hydrogen-bond donors (Lipinski definition) is 3. The van der Waals surface area contributed by atoms with Crippen LogP contribution in [0.5, 0.6) is 11.6 Å². The lowest BCUT2D eigenvalue weighted by atomic mass is 9.89. The molecule has 18 heteroatoms. The molecule has 0 radical (unpaired) electrons. The normalized spacial score (nSPS) is 30.1. The molecule has 0 spiro atoms. The summed E-state index contributed by atoms with van der Waals surface area (Å²) in [6.07, 6.45) is 7.03. The molecule has 9 rings (SSSR count). The van der Waals surface area contributed by atoms with Gasteiger partial charge in [-0.15, -0.1) is 0 Å². The maximum absolute atomic E-state index is 15.5. The summed E-state index contributed by atoms with van der Waals surface area (Å²) in [4.78, 5) is 36.9. The van der Waals surface area contributed by atoms with Gasteiger partial charge in [0.05, 0.1) is 60.3 Å². The van der Waals surface area contributed by atoms with Crippen LogP contribution in [-0.4, -0.2) is 133 Å². The summed E-state index contributed by atoms with van der Waals surface area (Å²) in [5, 5.41) is 16.7. The molecule has 280 valence electrons. The number of allylic oxidation sites excluding steroid dienone is 2. The van der Waals surface area contributed by atoms with Crippen LogP contribution in [0.15, 0.2) is 59.7 Å². The predicted octanol–water partition coefficient (Wildman–Crippen LogP) is 1.41. The number of aromatic nitrogens is 2. The Hall–Kier alpha value is -4.75. The number of carbonyl (C=O) groups excluding carboxylic acids is 1. The van der Waals surface area contributed by atoms with Gasteiger partial charge in [-0.3, -0.25) is 24.7 Å². The van der Waals surface area contributed by atoms with Crippen LogP contribution in [-0.2, 0) is 24.1 Å². The largest absolute Gasteiger partial charge is 0.489 e. The predicted molar refractivity (Wildman–Crippen MR) is 192 cm³/mol. The molecule has 5 aliphatic heterocycles. The lowest BCUT2D eigenvalue weighted by molar-refractivity contribution is -0.384. The number of nitrogens with one attached hydrogen (secondary N) is 2. The number of hydrogen-bond acceptors (Lipinski definition) is 14. The number of nitro benzene ring substituents is 1. The van der Waals surface area contributed by atoms with Gasteiger partial charge in [-0.05, 0) is 25.1 Å². The van der Waals surface area contributed by atoms with E-state index in [4.69, 9.17) is 24.7 Å². The van der Waals surface area contributed by atoms with Gasteiger partial charge >= 0.3 is 0 Å². The summed E-state index contributed by atoms with van der Waals surface area (Å²) < 4.78 is 54.6. The van der Waals surface area contributed by atoms with Crippen molar-refractivity contribution in [2.45, 2.75) is 47.0 Å². The van der Waals surface area contributed by atoms with Crippen molar-refractivity contribution in [3.8, 4) is 11.6 Å². The lowest BCUT2D eigenvalue weighted by Gasteiger charge is -2.51. The molecule has 2 unspecified atom stereocenters. The van der Waals surface area contributed by atoms with E-state index in [2.05, 4.69) is 32.0 Å². The van der Waals surface area contributed by atoms with Crippen LogP contribution >= 0.6 is 0 Å². The summed E-state index contributed by atoms with van der Waals surface area (Å²) in [6, 6.07) is 5.67. The average Bonchev–Trinajstić information content (AvgIpc) is 3.78. The maximum atomic E-state index is 15.5. The molecule has 6 aliphatic rings. The third-order valence-corrected chi connectivity index (χ3v) is 13.6. The van der Waals surface area contributed by atoms with Crippen LogP contribution in [0.3, 0.4) is 0 Å². The number of carbonyl (C=O) groups is 1. The Kier molecular flexibility index (Phi) is 8.15. The number of benzene rings is 1. The number of pyridine rings is 1. The van der Waals surface area contributed by atoms with Gasteiger partial charge in [-0.1, -0.05) is 18.2 Å². The van der Waals surface area contributed by atoms with E-state index in [1.807, 2.05) is 0 Å². The van der Waals surface area contributed by atoms with Crippen LogP contribution in [0.2, 0.25) is 0 Å². The van der Waals surface area contributed by atoms with Gasteiger partial charge in [0.15, 0.2) is 16.3 Å². The first-order valence-corrected chi connectivity index (χ1v) is 19.2. The molecular weight excluding hydrogens is 708 g/mol. The second kappa shape index (κ2) is 12.7. The lowest BCUT2D eigenvalue weighted by Crippen LogP contribution is -2.67. The fourth-order valence-corrected chi connectivity index (χ4v) is 10.9. The first-order chi connectivity index (χ1) is 25.5. The Morgan fingerprint density at radius 1 is 1.13 bits per heavy atom. The molecule has 2 aromatic heterocycles. The highest BCUT2D eigenvalue weighted by molar-refractivity contribution is 7.93. The number of ether oxygens (including phenoxy) is 4. The Morgan fingerprint density at radius 2 is 1.96 bits per heavy atom. The molecule has 1 aromatic carbocycles. The number of nitro groups is 1. The highest BCUT2D eigenvalue weighted by atomic mass is 32.2. The van der Waals surface area contributed by atoms with Crippen LogP contribution < -0.4 is 25.4 Å². The second-order valence-corrected chi connectivity index (χ2v) is 16.6. The number of amides is 1. The fourth-order valence-electron chi connectivity index (χ4n) is 8.72. The minimum Gasteiger partial charge on any atom is -0.489 e. The highest BCUT2D eigenvalue weighted by Gasteiger charge is 2.61. The standard InChI is InChI=1S/C35H40N8O9S/c1-20-13-40(8-9-41(20)23-16-49-17-23)14-22-15-51-29-12-24(11-26(43(45)46)31(29)38-22)53(47,48)35(6-3-2-4-25(35)32(36)44)42-27-10-21-5-7-37-33(21)39-34(27)52-30-19-50-18-28(30)42/h2-7,10-12,20,22-23,25,28,30,38H,8-9,13-19H2,1H3,(H2,36,44)(H,37,39)/t20-,22+,25?,28+,30-,35?/m1/s1. The van der Waals surface area contributed by atoms with Crippen molar-refractivity contribution in [2.75, 3.05) is 69.4 Å². The highest BCUT2D eigenvalue weighted by Crippen LogP contribution is 2.51. The Bertz CT molecular complexity index is 2160. The summed E-state index contributed by atoms with van der Waals surface area (Å²) in [5.41, 5.74) is 6.49. The van der Waals surface area contributed by atoms with Gasteiger partial charge in [0.2, 0.25) is 21.6 Å². The van der Waals surface area contributed by atoms with E-state index in [1.54, 1.807) is 29.3 Å². The molecule has 0 bridgehead atoms. The van der Waals surface area contributed by atoms with Crippen molar-refractivity contribution >= 4 is 43.8 Å². The van der Waals surface area contributed by atoms with Crippen molar-refractivity contribution in [1.29, 1.82) is 0 Å². The number of rotatable bonds is 8. The first kappa shape index (κ1) is 34.0. The van der Waals surface area contributed by atoms with Gasteiger partial charge in [0.1, 0.15) is 24.0 Å². The number of nitrogens with two attached hydrogens (primary N) is 1. The average molecular weight is 749 g/mol. The molecular formula is C35H40N8O9S. The van der Waals surface area contributed by atoms with Crippen LogP contribution in [0.1, 0.15) is 6.92 Å². The Labute approximate surface area is 304 Å². The number of H-pyrrole nitrogens is 1. The number of piperazine rings is 1. The van der Waals surface area contributed by atoms with Crippen molar-refractivity contribution in [3.63, 3.8) is 0 Å². The summed E-state index contributed by atoms with van der Waals surface area (Å²) in [6.45, 7) is 7.22. The molecule has 53 heavy (non-hydrogen) atoms. The van der Waals surface area contributed by atoms with Crippen molar-refractivity contribution in [2.24, 2.45) is 11.7 Å². The molecule has 3 saturated heterocycles. The van der Waals surface area contributed by atoms with Crippen molar-refractivity contribution in [3.05, 3.63) is 64.9 Å². The maximum Gasteiger partial charge on any atom is 0.297 e. The first-order valence-electron chi connectivity index (χ1n) is 17.7. The Morgan fingerprint density at radius 3 is 2.72 bits per heavy atom. The third-order valence-electron chi connectivity index (χ3n) is 11.3. The quantitative estimate of drug-likeness (QED) is 0.220. The number of aromatic amines is 1. The fraction of sp³-hybridized carbons (Fsp3) is 0.486. The van der Waals surface area contributed by atoms with E-state index in [0.29, 0.717) is 35.3 Å². The molecule has 3 aromatic rings. The monoisotopic (exact) mass is 748 g/mol. The molecule has 1 aliphatic carbocycles. The van der Waals surface area contributed by atoms with Crippen LogP contribution in [0.4, 0.5) is 17.1 Å². The second-order valence-electron chi connectivity index (χ2n) is 14.5. The molecule has 17 nitrogen and oxygen atoms in total. The van der Waals surface area contributed by atoms with E-state index in [1.165, 1.54) is 24.3 Å². The van der Waals surface area contributed by atoms with Gasteiger partial charge in [0.25, 0.3) is 5.69 Å². The molecule has 6 atom stereocenters. The SMILES string of the molecule is C[C@@H]1CN(C[C@H]2COc3cc(S(=O)(=O)C4(N5c6cc7cc[nH]c7nc6O[C@@H]6COC[C@@H]65)C=CC=CC4C(N)=O)cc([N+](=O)[O-])c3N2)CCN1C1COC1. The summed E-state index contributed by atoms with van der Waals surface area (Å²) in [5.74, 6) is -2.16. The minimum atomic E-state index is -4.77. The summed E-state index contributed by atoms with van der Waals surface area (Å²) in [7, 11) is -4.77. The van der Waals surface area contributed by atoms with E-state index in [9.17, 15) is 14.9 Å². The zero-order valence-corrected chi connectivity index (χ0v) is 29.7. The molecule has 7 heterocycles. The zero-order valence-electron chi connectivity index (χ0n) is 28.9. The van der Waals surface area contributed by atoms with E-state index >= 15 is 8.42 Å². The Balaban J connectivity index is 1.10. The van der Waals surface area contributed by atoms with Crippen LogP contribution in [0.25, 0.3) is 11.0 Å². The summed E-state index contributed by atoms with van der Waals surface area (Å²) >= 11 is 0. The number of nitrogens with zero attached hydrogens (tertiary/aromatic N) is 5. The van der Waals surface area contributed by atoms with Gasteiger partial charge in [0, 0.05) is 55.9 Å². The zero-order chi connectivity index (χ0) is 36.6. The third kappa shape index (κ3) is 5.37. The van der Waals surface area contributed by atoms with E-state index in [-0.39, 0.29) is 43.2 Å². The number of anilines is 2. The van der Waals surface area contributed by atoms with E-state index < -0.39 is 54.2 Å². The van der Waals surface area contributed by atoms with E-state index in [0.717, 1.165) is 38.9 Å². The minimum absolute atomic E-state index is 0.0263. The van der Waals surface area contributed by atoms with Gasteiger partial charge in [-0.2, -0.15) is 4.98 Å². The van der Waals surface area contributed by atoms with Crippen molar-refractivity contribution in [1.82, 2.24) is 19.8 Å². The van der Waals surface area contributed by atoms with Gasteiger partial charge < -0.3 is 39.9 Å². The number of primary amides is 1. The number of fused-ring (bicyclic) bond motifs is 4. The molecule has 1 amide bonds. The van der Waals surface area contributed by atoms with Gasteiger partial charge in [-0.25, -0.2) is 8.42 Å². The molecule has 4 N–H and O–H groups in total. The van der Waals surface area contributed by atoms with Crippen LogP contribution in [0, 0.1) is 16.0 Å². The number of sulfone groups is 1. The topological polar surface area (TPSA) is 208 Å².